The van der Waals surface area contributed by atoms with Gasteiger partial charge in [0.05, 0.1) is 12.1 Å². The highest BCUT2D eigenvalue weighted by Crippen LogP contribution is 2.22. The van der Waals surface area contributed by atoms with Gasteiger partial charge in [0.25, 0.3) is 0 Å². The molecule has 1 aromatic heterocycles. The van der Waals surface area contributed by atoms with E-state index in [-0.39, 0.29) is 17.8 Å². The topological polar surface area (TPSA) is 49.6 Å². The van der Waals surface area contributed by atoms with Gasteiger partial charge in [0.1, 0.15) is 11.6 Å². The minimum Gasteiger partial charge on any atom is -0.361 e. The number of aryl methyl sites for hydroxylation is 2. The largest absolute Gasteiger partial charge is 0.361 e. The first-order valence-electron chi connectivity index (χ1n) is 10.0. The van der Waals surface area contributed by atoms with Gasteiger partial charge in [-0.15, -0.1) is 0 Å². The number of amides is 1. The summed E-state index contributed by atoms with van der Waals surface area (Å²) in [5, 5.41) is 3.96. The molecule has 2 aromatic rings. The SMILES string of the molecule is Cc1noc(C)c1CC(=O)N1CCCN(Cc2ccc(F)cc2)[C@H](C(C)C)C1. The lowest BCUT2D eigenvalue weighted by atomic mass is 10.0. The van der Waals surface area contributed by atoms with Gasteiger partial charge < -0.3 is 9.42 Å². The van der Waals surface area contributed by atoms with Crippen LogP contribution in [0.4, 0.5) is 4.39 Å². The van der Waals surface area contributed by atoms with Crippen molar-refractivity contribution in [3.8, 4) is 0 Å². The Kier molecular flexibility index (Phi) is 6.50. The molecule has 0 spiro atoms. The van der Waals surface area contributed by atoms with Crippen LogP contribution in [0.3, 0.4) is 0 Å². The summed E-state index contributed by atoms with van der Waals surface area (Å²) in [4.78, 5) is 17.4. The highest BCUT2D eigenvalue weighted by atomic mass is 19.1. The molecule has 28 heavy (non-hydrogen) atoms. The number of hydrogen-bond donors (Lipinski definition) is 0. The second-order valence-corrected chi connectivity index (χ2v) is 8.08. The van der Waals surface area contributed by atoms with E-state index in [2.05, 4.69) is 23.9 Å². The van der Waals surface area contributed by atoms with Crippen molar-refractivity contribution in [1.82, 2.24) is 15.0 Å². The van der Waals surface area contributed by atoms with Crippen molar-refractivity contribution in [2.45, 2.75) is 53.1 Å². The molecule has 0 aliphatic carbocycles. The standard InChI is InChI=1S/C22H30FN3O2/c1-15(2)21-14-26(22(27)12-20-16(3)24-28-17(20)4)11-5-10-25(21)13-18-6-8-19(23)9-7-18/h6-9,15,21H,5,10-14H2,1-4H3/t21-/m0/s1. The maximum atomic E-state index is 13.2. The van der Waals surface area contributed by atoms with Gasteiger partial charge in [0.15, 0.2) is 0 Å². The fourth-order valence-electron chi connectivity index (χ4n) is 3.96. The van der Waals surface area contributed by atoms with E-state index in [1.54, 1.807) is 0 Å². The number of carbonyl (C=O) groups is 1. The molecule has 0 saturated carbocycles. The van der Waals surface area contributed by atoms with Gasteiger partial charge in [-0.2, -0.15) is 0 Å². The minimum absolute atomic E-state index is 0.128. The van der Waals surface area contributed by atoms with E-state index in [1.165, 1.54) is 12.1 Å². The van der Waals surface area contributed by atoms with Crippen LogP contribution in [-0.2, 0) is 17.8 Å². The van der Waals surface area contributed by atoms with Gasteiger partial charge in [-0.1, -0.05) is 31.1 Å². The van der Waals surface area contributed by atoms with Crippen LogP contribution in [0.2, 0.25) is 0 Å². The molecule has 0 N–H and O–H groups in total. The summed E-state index contributed by atoms with van der Waals surface area (Å²) in [5.41, 5.74) is 2.79. The van der Waals surface area contributed by atoms with Crippen molar-refractivity contribution < 1.29 is 13.7 Å². The van der Waals surface area contributed by atoms with Crippen molar-refractivity contribution in [3.63, 3.8) is 0 Å². The summed E-state index contributed by atoms with van der Waals surface area (Å²) in [5.74, 6) is 1.05. The molecule has 2 heterocycles. The average Bonchev–Trinajstić information content (AvgIpc) is 2.85. The molecule has 1 aliphatic rings. The van der Waals surface area contributed by atoms with Crippen molar-refractivity contribution in [3.05, 3.63) is 52.7 Å². The van der Waals surface area contributed by atoms with E-state index >= 15 is 0 Å². The molecule has 1 aliphatic heterocycles. The smallest absolute Gasteiger partial charge is 0.227 e. The zero-order chi connectivity index (χ0) is 20.3. The zero-order valence-electron chi connectivity index (χ0n) is 17.2. The molecule has 6 heteroatoms. The second kappa shape index (κ2) is 8.86. The number of nitrogens with zero attached hydrogens (tertiary/aromatic N) is 3. The van der Waals surface area contributed by atoms with E-state index < -0.39 is 0 Å². The zero-order valence-corrected chi connectivity index (χ0v) is 17.2. The Hall–Kier alpha value is -2.21. The Morgan fingerprint density at radius 1 is 1.25 bits per heavy atom. The number of hydrogen-bond acceptors (Lipinski definition) is 4. The Morgan fingerprint density at radius 2 is 1.96 bits per heavy atom. The lowest BCUT2D eigenvalue weighted by Crippen LogP contribution is -2.45. The van der Waals surface area contributed by atoms with E-state index in [0.717, 1.165) is 48.6 Å². The first kappa shape index (κ1) is 20.5. The van der Waals surface area contributed by atoms with Crippen LogP contribution in [0.15, 0.2) is 28.8 Å². The number of carbonyl (C=O) groups excluding carboxylic acids is 1. The minimum atomic E-state index is -0.212. The van der Waals surface area contributed by atoms with Crippen molar-refractivity contribution in [2.75, 3.05) is 19.6 Å². The molecule has 1 fully saturated rings. The highest BCUT2D eigenvalue weighted by Gasteiger charge is 2.30. The van der Waals surface area contributed by atoms with Crippen molar-refractivity contribution in [2.24, 2.45) is 5.92 Å². The molecular formula is C22H30FN3O2. The molecule has 0 unspecified atom stereocenters. The van der Waals surface area contributed by atoms with Gasteiger partial charge in [0.2, 0.25) is 5.91 Å². The van der Waals surface area contributed by atoms with E-state index in [1.807, 2.05) is 30.9 Å². The van der Waals surface area contributed by atoms with Crippen LogP contribution in [0.5, 0.6) is 0 Å². The summed E-state index contributed by atoms with van der Waals surface area (Å²) in [6.45, 7) is 11.3. The maximum Gasteiger partial charge on any atom is 0.227 e. The lowest BCUT2D eigenvalue weighted by Gasteiger charge is -2.34. The molecule has 1 atom stereocenters. The van der Waals surface area contributed by atoms with Crippen LogP contribution in [-0.4, -0.2) is 46.5 Å². The average molecular weight is 387 g/mol. The molecule has 0 bridgehead atoms. The molecule has 1 aromatic carbocycles. The van der Waals surface area contributed by atoms with Gasteiger partial charge >= 0.3 is 0 Å². The maximum absolute atomic E-state index is 13.2. The van der Waals surface area contributed by atoms with Gasteiger partial charge in [-0.05, 0) is 43.9 Å². The van der Waals surface area contributed by atoms with Crippen LogP contribution >= 0.6 is 0 Å². The predicted molar refractivity (Wildman–Crippen MR) is 106 cm³/mol. The normalized spacial score (nSPS) is 18.5. The van der Waals surface area contributed by atoms with Crippen molar-refractivity contribution in [1.29, 1.82) is 0 Å². The van der Waals surface area contributed by atoms with E-state index in [0.29, 0.717) is 18.9 Å². The van der Waals surface area contributed by atoms with Crippen LogP contribution in [0.1, 0.15) is 42.8 Å². The van der Waals surface area contributed by atoms with Gasteiger partial charge in [-0.25, -0.2) is 4.39 Å². The van der Waals surface area contributed by atoms with Gasteiger partial charge in [0, 0.05) is 37.8 Å². The molecule has 152 valence electrons. The fraction of sp³-hybridized carbons (Fsp3) is 0.545. The highest BCUT2D eigenvalue weighted by molar-refractivity contribution is 5.79. The Balaban J connectivity index is 1.71. The Bertz CT molecular complexity index is 781. The number of rotatable bonds is 5. The predicted octanol–water partition coefficient (Wildman–Crippen LogP) is 3.73. The monoisotopic (exact) mass is 387 g/mol. The lowest BCUT2D eigenvalue weighted by molar-refractivity contribution is -0.131. The molecule has 1 amide bonds. The van der Waals surface area contributed by atoms with Crippen LogP contribution in [0.25, 0.3) is 0 Å². The van der Waals surface area contributed by atoms with Crippen molar-refractivity contribution >= 4 is 5.91 Å². The van der Waals surface area contributed by atoms with E-state index in [4.69, 9.17) is 4.52 Å². The molecule has 5 nitrogen and oxygen atoms in total. The first-order valence-corrected chi connectivity index (χ1v) is 10.0. The summed E-state index contributed by atoms with van der Waals surface area (Å²) < 4.78 is 18.4. The molecular weight excluding hydrogens is 357 g/mol. The Morgan fingerprint density at radius 3 is 2.57 bits per heavy atom. The first-order chi connectivity index (χ1) is 13.3. The summed E-state index contributed by atoms with van der Waals surface area (Å²) in [6, 6.07) is 6.98. The third-order valence-corrected chi connectivity index (χ3v) is 5.68. The third kappa shape index (κ3) is 4.79. The molecule has 1 saturated heterocycles. The van der Waals surface area contributed by atoms with E-state index in [9.17, 15) is 9.18 Å². The fourth-order valence-corrected chi connectivity index (χ4v) is 3.96. The Labute approximate surface area is 166 Å². The van der Waals surface area contributed by atoms with Gasteiger partial charge in [-0.3, -0.25) is 9.69 Å². The summed E-state index contributed by atoms with van der Waals surface area (Å²) in [6.07, 6.45) is 1.27. The quantitative estimate of drug-likeness (QED) is 0.784. The second-order valence-electron chi connectivity index (χ2n) is 8.08. The number of benzene rings is 1. The van der Waals surface area contributed by atoms with Crippen LogP contribution in [0, 0.1) is 25.6 Å². The number of halogens is 1. The third-order valence-electron chi connectivity index (χ3n) is 5.68. The number of aromatic nitrogens is 1. The summed E-state index contributed by atoms with van der Waals surface area (Å²) >= 11 is 0. The van der Waals surface area contributed by atoms with Crippen LogP contribution < -0.4 is 0 Å². The summed E-state index contributed by atoms with van der Waals surface area (Å²) in [7, 11) is 0. The molecule has 3 rings (SSSR count). The molecule has 0 radical (unpaired) electrons.